The predicted octanol–water partition coefficient (Wildman–Crippen LogP) is 1.54. The Morgan fingerprint density at radius 3 is 2.74 bits per heavy atom. The number of nitrogens with one attached hydrogen (secondary N) is 1. The number of rotatable bonds is 2. The third kappa shape index (κ3) is 2.14. The van der Waals surface area contributed by atoms with E-state index in [2.05, 4.69) is 10.5 Å². The van der Waals surface area contributed by atoms with E-state index in [4.69, 9.17) is 0 Å². The van der Waals surface area contributed by atoms with E-state index in [1.807, 2.05) is 6.07 Å². The van der Waals surface area contributed by atoms with Crippen molar-refractivity contribution in [1.29, 1.82) is 0 Å². The molecule has 5 heteroatoms. The molecule has 0 fully saturated rings. The summed E-state index contributed by atoms with van der Waals surface area (Å²) >= 11 is 0. The Balaban J connectivity index is 2.00. The second kappa shape index (κ2) is 4.68. The van der Waals surface area contributed by atoms with Crippen LogP contribution in [0.4, 0.5) is 4.39 Å². The van der Waals surface area contributed by atoms with Crippen molar-refractivity contribution < 1.29 is 4.39 Å². The molecule has 0 saturated carbocycles. The first-order valence-electron chi connectivity index (χ1n) is 5.99. The Bertz CT molecular complexity index is 676. The van der Waals surface area contributed by atoms with Crippen LogP contribution in [0.25, 0.3) is 0 Å². The number of aromatic nitrogens is 1. The standard InChI is InChI=1S/C14H12FN3O/c15-11-6-4-10(5-7-11)14-12(9-16-17-14)18-8-2-1-3-13(18)19/h1-8,12,16H,9H2. The zero-order chi connectivity index (χ0) is 13.2. The molecule has 1 aromatic heterocycles. The van der Waals surface area contributed by atoms with E-state index in [0.29, 0.717) is 6.54 Å². The summed E-state index contributed by atoms with van der Waals surface area (Å²) in [5.74, 6) is -0.288. The lowest BCUT2D eigenvalue weighted by Gasteiger charge is -2.15. The summed E-state index contributed by atoms with van der Waals surface area (Å²) in [5, 5.41) is 4.22. The molecule has 19 heavy (non-hydrogen) atoms. The molecule has 1 aliphatic heterocycles. The van der Waals surface area contributed by atoms with E-state index in [1.54, 1.807) is 29.0 Å². The number of halogens is 1. The maximum Gasteiger partial charge on any atom is 0.251 e. The van der Waals surface area contributed by atoms with Crippen LogP contribution in [-0.4, -0.2) is 16.8 Å². The van der Waals surface area contributed by atoms with Crippen molar-refractivity contribution in [2.24, 2.45) is 5.10 Å². The first-order chi connectivity index (χ1) is 9.25. The van der Waals surface area contributed by atoms with Gasteiger partial charge in [-0.05, 0) is 18.2 Å². The summed E-state index contributed by atoms with van der Waals surface area (Å²) in [6.07, 6.45) is 1.74. The highest BCUT2D eigenvalue weighted by Gasteiger charge is 2.24. The Labute approximate surface area is 109 Å². The molecule has 0 bridgehead atoms. The zero-order valence-electron chi connectivity index (χ0n) is 10.1. The lowest BCUT2D eigenvalue weighted by molar-refractivity contribution is 0.602. The molecule has 3 rings (SSSR count). The molecule has 1 unspecified atom stereocenters. The Kier molecular flexibility index (Phi) is 2.87. The van der Waals surface area contributed by atoms with Crippen LogP contribution < -0.4 is 11.0 Å². The molecule has 0 aliphatic carbocycles. The SMILES string of the molecule is O=c1ccccn1C1CNN=C1c1ccc(F)cc1. The topological polar surface area (TPSA) is 46.4 Å². The van der Waals surface area contributed by atoms with Gasteiger partial charge in [0.05, 0.1) is 18.3 Å². The summed E-state index contributed by atoms with van der Waals surface area (Å²) in [6.45, 7) is 0.552. The maximum absolute atomic E-state index is 12.9. The number of pyridine rings is 1. The van der Waals surface area contributed by atoms with Gasteiger partial charge in [0.25, 0.3) is 5.56 Å². The van der Waals surface area contributed by atoms with Gasteiger partial charge in [-0.1, -0.05) is 18.2 Å². The number of benzene rings is 1. The molecular formula is C14H12FN3O. The Morgan fingerprint density at radius 2 is 2.00 bits per heavy atom. The number of nitrogens with zero attached hydrogens (tertiary/aromatic N) is 2. The van der Waals surface area contributed by atoms with E-state index in [0.717, 1.165) is 11.3 Å². The van der Waals surface area contributed by atoms with Gasteiger partial charge in [-0.15, -0.1) is 0 Å². The monoisotopic (exact) mass is 257 g/mol. The second-order valence-corrected chi connectivity index (χ2v) is 4.33. The van der Waals surface area contributed by atoms with Crippen LogP contribution in [0.15, 0.2) is 58.6 Å². The highest BCUT2D eigenvalue weighted by atomic mass is 19.1. The highest BCUT2D eigenvalue weighted by Crippen LogP contribution is 2.17. The summed E-state index contributed by atoms with van der Waals surface area (Å²) < 4.78 is 14.6. The zero-order valence-corrected chi connectivity index (χ0v) is 10.1. The minimum absolute atomic E-state index is 0.0778. The van der Waals surface area contributed by atoms with Crippen molar-refractivity contribution in [1.82, 2.24) is 9.99 Å². The van der Waals surface area contributed by atoms with Gasteiger partial charge < -0.3 is 9.99 Å². The van der Waals surface area contributed by atoms with Crippen LogP contribution in [0.5, 0.6) is 0 Å². The fourth-order valence-corrected chi connectivity index (χ4v) is 2.19. The highest BCUT2D eigenvalue weighted by molar-refractivity contribution is 6.04. The van der Waals surface area contributed by atoms with Crippen LogP contribution in [0, 0.1) is 5.82 Å². The van der Waals surface area contributed by atoms with Crippen molar-refractivity contribution in [2.45, 2.75) is 6.04 Å². The fraction of sp³-hybridized carbons (Fsp3) is 0.143. The first-order valence-corrected chi connectivity index (χ1v) is 5.99. The molecule has 0 spiro atoms. The van der Waals surface area contributed by atoms with Gasteiger partial charge in [0, 0.05) is 17.8 Å². The van der Waals surface area contributed by atoms with Gasteiger partial charge in [-0.25, -0.2) is 4.39 Å². The molecule has 2 heterocycles. The quantitative estimate of drug-likeness (QED) is 0.887. The van der Waals surface area contributed by atoms with Gasteiger partial charge in [0.2, 0.25) is 0 Å². The van der Waals surface area contributed by atoms with Crippen LogP contribution >= 0.6 is 0 Å². The van der Waals surface area contributed by atoms with Crippen molar-refractivity contribution in [3.63, 3.8) is 0 Å². The van der Waals surface area contributed by atoms with E-state index in [-0.39, 0.29) is 17.4 Å². The molecule has 1 atom stereocenters. The van der Waals surface area contributed by atoms with Gasteiger partial charge in [-0.3, -0.25) is 4.79 Å². The molecule has 0 radical (unpaired) electrons. The summed E-state index contributed by atoms with van der Waals surface area (Å²) in [5.41, 5.74) is 4.37. The van der Waals surface area contributed by atoms with Crippen LogP contribution in [-0.2, 0) is 0 Å². The Hall–Kier alpha value is -2.43. The van der Waals surface area contributed by atoms with Crippen molar-refractivity contribution in [3.8, 4) is 0 Å². The smallest absolute Gasteiger partial charge is 0.251 e. The van der Waals surface area contributed by atoms with E-state index >= 15 is 0 Å². The minimum atomic E-state index is -0.288. The van der Waals surface area contributed by atoms with Crippen LogP contribution in [0.1, 0.15) is 11.6 Å². The summed E-state index contributed by atoms with van der Waals surface area (Å²) in [6, 6.07) is 11.0. The van der Waals surface area contributed by atoms with E-state index in [9.17, 15) is 9.18 Å². The molecule has 0 saturated heterocycles. The molecule has 1 N–H and O–H groups in total. The number of hydrogen-bond acceptors (Lipinski definition) is 3. The minimum Gasteiger partial charge on any atom is -0.307 e. The average Bonchev–Trinajstić information content (AvgIpc) is 2.89. The molecule has 96 valence electrons. The summed E-state index contributed by atoms with van der Waals surface area (Å²) in [7, 11) is 0. The normalized spacial score (nSPS) is 17.9. The van der Waals surface area contributed by atoms with E-state index < -0.39 is 0 Å². The maximum atomic E-state index is 12.9. The molecule has 1 aliphatic rings. The van der Waals surface area contributed by atoms with Gasteiger partial charge in [0.1, 0.15) is 5.82 Å². The first kappa shape index (κ1) is 11.6. The van der Waals surface area contributed by atoms with Crippen molar-refractivity contribution >= 4 is 5.71 Å². The predicted molar refractivity (Wildman–Crippen MR) is 70.7 cm³/mol. The average molecular weight is 257 g/mol. The molecular weight excluding hydrogens is 245 g/mol. The largest absolute Gasteiger partial charge is 0.307 e. The molecule has 0 amide bonds. The lowest BCUT2D eigenvalue weighted by Crippen LogP contribution is -2.30. The van der Waals surface area contributed by atoms with Crippen LogP contribution in [0.3, 0.4) is 0 Å². The third-order valence-electron chi connectivity index (χ3n) is 3.13. The summed E-state index contributed by atoms with van der Waals surface area (Å²) in [4.78, 5) is 11.9. The molecule has 2 aromatic rings. The third-order valence-corrected chi connectivity index (χ3v) is 3.13. The van der Waals surface area contributed by atoms with E-state index in [1.165, 1.54) is 18.2 Å². The van der Waals surface area contributed by atoms with Gasteiger partial charge >= 0.3 is 0 Å². The lowest BCUT2D eigenvalue weighted by atomic mass is 10.0. The Morgan fingerprint density at radius 1 is 1.21 bits per heavy atom. The van der Waals surface area contributed by atoms with Gasteiger partial charge in [0.15, 0.2) is 0 Å². The fourth-order valence-electron chi connectivity index (χ4n) is 2.19. The van der Waals surface area contributed by atoms with Crippen molar-refractivity contribution in [3.05, 3.63) is 70.4 Å². The number of hydrogen-bond donors (Lipinski definition) is 1. The number of hydrazone groups is 1. The van der Waals surface area contributed by atoms with Gasteiger partial charge in [-0.2, -0.15) is 5.10 Å². The molecule has 4 nitrogen and oxygen atoms in total. The molecule has 1 aromatic carbocycles. The van der Waals surface area contributed by atoms with Crippen molar-refractivity contribution in [2.75, 3.05) is 6.54 Å². The second-order valence-electron chi connectivity index (χ2n) is 4.33. The van der Waals surface area contributed by atoms with Crippen LogP contribution in [0.2, 0.25) is 0 Å².